The van der Waals surface area contributed by atoms with Crippen LogP contribution in [0.15, 0.2) is 0 Å². The average Bonchev–Trinajstić information content (AvgIpc) is 1.99. The van der Waals surface area contributed by atoms with Crippen LogP contribution in [0.2, 0.25) is 0 Å². The van der Waals surface area contributed by atoms with Gasteiger partial charge in [0.15, 0.2) is 0 Å². The first-order valence-electron chi connectivity index (χ1n) is 5.36. The molecule has 0 bridgehead atoms. The van der Waals surface area contributed by atoms with Crippen molar-refractivity contribution in [3.63, 3.8) is 0 Å². The van der Waals surface area contributed by atoms with Gasteiger partial charge < -0.3 is 0 Å². The minimum absolute atomic E-state index is 0.296. The molecule has 0 aromatic heterocycles. The third kappa shape index (κ3) is 2.92. The first-order valence-corrected chi connectivity index (χ1v) is 7.21. The Morgan fingerprint density at radius 1 is 1.20 bits per heavy atom. The number of piperazine rings is 1. The largest absolute Gasteiger partial charge is 0.298 e. The fraction of sp³-hybridized carbons (Fsp3) is 1.00. The maximum Gasteiger partial charge on any atom is 0.211 e. The molecule has 0 radical (unpaired) electrons. The lowest BCUT2D eigenvalue weighted by Crippen LogP contribution is -2.61. The van der Waals surface area contributed by atoms with Crippen molar-refractivity contribution in [1.29, 1.82) is 0 Å². The summed E-state index contributed by atoms with van der Waals surface area (Å²) in [6.45, 7) is 10.5. The number of hydrogen-bond acceptors (Lipinski definition) is 3. The highest BCUT2D eigenvalue weighted by molar-refractivity contribution is 7.88. The van der Waals surface area contributed by atoms with Gasteiger partial charge in [-0.05, 0) is 27.7 Å². The Labute approximate surface area is 93.3 Å². The Morgan fingerprint density at radius 2 is 1.73 bits per heavy atom. The van der Waals surface area contributed by atoms with Crippen molar-refractivity contribution in [3.05, 3.63) is 0 Å². The van der Waals surface area contributed by atoms with Crippen LogP contribution in [0.1, 0.15) is 27.7 Å². The lowest BCUT2D eigenvalue weighted by molar-refractivity contribution is 0.0618. The van der Waals surface area contributed by atoms with Crippen molar-refractivity contribution in [2.24, 2.45) is 0 Å². The van der Waals surface area contributed by atoms with Gasteiger partial charge in [-0.2, -0.15) is 4.31 Å². The zero-order valence-corrected chi connectivity index (χ0v) is 11.1. The molecule has 1 saturated heterocycles. The van der Waals surface area contributed by atoms with E-state index in [0.717, 1.165) is 13.1 Å². The standard InChI is InChI=1S/C10H22N2O2S/c1-9(2)11-6-7-12(15(5,13)14)10(3,4)8-11/h9H,6-8H2,1-5H3. The highest BCUT2D eigenvalue weighted by atomic mass is 32.2. The summed E-state index contributed by atoms with van der Waals surface area (Å²) in [5.41, 5.74) is -0.296. The van der Waals surface area contributed by atoms with Gasteiger partial charge in [-0.15, -0.1) is 0 Å². The molecular weight excluding hydrogens is 212 g/mol. The first kappa shape index (κ1) is 12.9. The molecular formula is C10H22N2O2S. The van der Waals surface area contributed by atoms with Crippen molar-refractivity contribution in [2.45, 2.75) is 39.3 Å². The van der Waals surface area contributed by atoms with Gasteiger partial charge in [-0.1, -0.05) is 0 Å². The van der Waals surface area contributed by atoms with Crippen LogP contribution in [0, 0.1) is 0 Å². The van der Waals surface area contributed by atoms with E-state index in [9.17, 15) is 8.42 Å². The number of nitrogens with zero attached hydrogens (tertiary/aromatic N) is 2. The van der Waals surface area contributed by atoms with Crippen LogP contribution < -0.4 is 0 Å². The summed E-state index contributed by atoms with van der Waals surface area (Å²) in [6, 6.07) is 0.478. The van der Waals surface area contributed by atoms with E-state index in [2.05, 4.69) is 18.7 Å². The van der Waals surface area contributed by atoms with Gasteiger partial charge in [0, 0.05) is 31.2 Å². The molecule has 0 unspecified atom stereocenters. The second kappa shape index (κ2) is 4.03. The molecule has 1 heterocycles. The molecule has 0 aliphatic carbocycles. The lowest BCUT2D eigenvalue weighted by Gasteiger charge is -2.46. The second-order valence-corrected chi connectivity index (χ2v) is 7.12. The van der Waals surface area contributed by atoms with E-state index in [1.54, 1.807) is 4.31 Å². The number of hydrogen-bond donors (Lipinski definition) is 0. The molecule has 4 nitrogen and oxygen atoms in total. The Kier molecular flexibility index (Phi) is 3.48. The normalized spacial score (nSPS) is 24.7. The highest BCUT2D eigenvalue weighted by Crippen LogP contribution is 2.24. The van der Waals surface area contributed by atoms with Crippen molar-refractivity contribution in [2.75, 3.05) is 25.9 Å². The van der Waals surface area contributed by atoms with Crippen LogP contribution in [-0.4, -0.2) is 55.1 Å². The van der Waals surface area contributed by atoms with E-state index < -0.39 is 10.0 Å². The van der Waals surface area contributed by atoms with Crippen LogP contribution in [0.4, 0.5) is 0 Å². The molecule has 1 fully saturated rings. The molecule has 1 aliphatic rings. The van der Waals surface area contributed by atoms with E-state index in [1.807, 2.05) is 13.8 Å². The Bertz CT molecular complexity index is 322. The van der Waals surface area contributed by atoms with Crippen molar-refractivity contribution in [3.8, 4) is 0 Å². The van der Waals surface area contributed by atoms with E-state index in [0.29, 0.717) is 12.6 Å². The molecule has 1 rings (SSSR count). The molecule has 0 atom stereocenters. The minimum Gasteiger partial charge on any atom is -0.298 e. The van der Waals surface area contributed by atoms with Gasteiger partial charge in [0.2, 0.25) is 10.0 Å². The maximum absolute atomic E-state index is 11.6. The van der Waals surface area contributed by atoms with E-state index in [4.69, 9.17) is 0 Å². The van der Waals surface area contributed by atoms with Crippen molar-refractivity contribution < 1.29 is 8.42 Å². The fourth-order valence-electron chi connectivity index (χ4n) is 2.23. The molecule has 0 spiro atoms. The van der Waals surface area contributed by atoms with Gasteiger partial charge in [-0.3, -0.25) is 4.90 Å². The highest BCUT2D eigenvalue weighted by Gasteiger charge is 2.39. The maximum atomic E-state index is 11.6. The van der Waals surface area contributed by atoms with Crippen LogP contribution >= 0.6 is 0 Å². The Morgan fingerprint density at radius 3 is 2.07 bits per heavy atom. The molecule has 0 amide bonds. The molecule has 0 saturated carbocycles. The molecule has 0 N–H and O–H groups in total. The molecule has 15 heavy (non-hydrogen) atoms. The monoisotopic (exact) mass is 234 g/mol. The van der Waals surface area contributed by atoms with Crippen LogP contribution in [0.25, 0.3) is 0 Å². The van der Waals surface area contributed by atoms with Gasteiger partial charge in [0.1, 0.15) is 0 Å². The molecule has 5 heteroatoms. The van der Waals surface area contributed by atoms with Crippen LogP contribution in [0.3, 0.4) is 0 Å². The lowest BCUT2D eigenvalue weighted by atomic mass is 10.0. The number of rotatable bonds is 2. The van der Waals surface area contributed by atoms with E-state index in [1.165, 1.54) is 6.26 Å². The van der Waals surface area contributed by atoms with Gasteiger partial charge in [0.25, 0.3) is 0 Å². The summed E-state index contributed by atoms with van der Waals surface area (Å²) in [6.07, 6.45) is 1.29. The van der Waals surface area contributed by atoms with E-state index in [-0.39, 0.29) is 5.54 Å². The summed E-state index contributed by atoms with van der Waals surface area (Å²) in [7, 11) is -3.08. The average molecular weight is 234 g/mol. The minimum atomic E-state index is -3.08. The Hall–Kier alpha value is -0.130. The van der Waals surface area contributed by atoms with Gasteiger partial charge in [0.05, 0.1) is 6.26 Å². The predicted molar refractivity (Wildman–Crippen MR) is 62.3 cm³/mol. The third-order valence-corrected chi connectivity index (χ3v) is 4.46. The fourth-order valence-corrected chi connectivity index (χ4v) is 3.60. The summed E-state index contributed by atoms with van der Waals surface area (Å²) < 4.78 is 24.8. The summed E-state index contributed by atoms with van der Waals surface area (Å²) in [5, 5.41) is 0. The van der Waals surface area contributed by atoms with Crippen LogP contribution in [0.5, 0.6) is 0 Å². The zero-order chi connectivity index (χ0) is 11.9. The summed E-state index contributed by atoms with van der Waals surface area (Å²) in [4.78, 5) is 2.32. The van der Waals surface area contributed by atoms with Crippen LogP contribution in [-0.2, 0) is 10.0 Å². The summed E-state index contributed by atoms with van der Waals surface area (Å²) >= 11 is 0. The topological polar surface area (TPSA) is 40.6 Å². The zero-order valence-electron chi connectivity index (χ0n) is 10.3. The molecule has 1 aliphatic heterocycles. The predicted octanol–water partition coefficient (Wildman–Crippen LogP) is 0.751. The quantitative estimate of drug-likeness (QED) is 0.708. The molecule has 0 aromatic rings. The Balaban J connectivity index is 2.85. The SMILES string of the molecule is CC(C)N1CCN(S(C)(=O)=O)C(C)(C)C1. The van der Waals surface area contributed by atoms with Crippen molar-refractivity contribution in [1.82, 2.24) is 9.21 Å². The van der Waals surface area contributed by atoms with E-state index >= 15 is 0 Å². The second-order valence-electron chi connectivity index (χ2n) is 5.21. The third-order valence-electron chi connectivity index (χ3n) is 2.99. The van der Waals surface area contributed by atoms with Crippen molar-refractivity contribution >= 4 is 10.0 Å². The smallest absolute Gasteiger partial charge is 0.211 e. The summed E-state index contributed by atoms with van der Waals surface area (Å²) in [5.74, 6) is 0. The van der Waals surface area contributed by atoms with Gasteiger partial charge >= 0.3 is 0 Å². The van der Waals surface area contributed by atoms with Gasteiger partial charge in [-0.25, -0.2) is 8.42 Å². The molecule has 90 valence electrons. The number of sulfonamides is 1. The molecule has 0 aromatic carbocycles. The first-order chi connectivity index (χ1) is 6.64.